The van der Waals surface area contributed by atoms with E-state index >= 15 is 0 Å². The van der Waals surface area contributed by atoms with E-state index in [1.165, 1.54) is 0 Å². The van der Waals surface area contributed by atoms with Crippen molar-refractivity contribution in [2.24, 2.45) is 0 Å². The molecule has 1 aliphatic rings. The minimum absolute atomic E-state index is 0.167. The minimum atomic E-state index is 0.167. The molecule has 1 aliphatic heterocycles. The molecule has 90 valence electrons. The molecule has 1 saturated heterocycles. The van der Waals surface area contributed by atoms with Crippen LogP contribution in [0.4, 0.5) is 5.69 Å². The monoisotopic (exact) mass is 232 g/mol. The normalized spacial score (nSPS) is 20.8. The SMILES string of the molecule is CN1CCOC(CNc2cnccc2C#N)C1. The quantitative estimate of drug-likeness (QED) is 0.831. The highest BCUT2D eigenvalue weighted by molar-refractivity contribution is 5.55. The van der Waals surface area contributed by atoms with Crippen molar-refractivity contribution in [3.05, 3.63) is 24.0 Å². The van der Waals surface area contributed by atoms with Gasteiger partial charge in [-0.3, -0.25) is 4.98 Å². The molecule has 0 bridgehead atoms. The molecule has 1 atom stereocenters. The van der Waals surface area contributed by atoms with Crippen molar-refractivity contribution in [3.8, 4) is 6.07 Å². The molecule has 1 fully saturated rings. The molecule has 5 nitrogen and oxygen atoms in total. The zero-order chi connectivity index (χ0) is 12.1. The van der Waals surface area contributed by atoms with Crippen molar-refractivity contribution in [3.63, 3.8) is 0 Å². The first-order valence-electron chi connectivity index (χ1n) is 5.67. The van der Waals surface area contributed by atoms with Crippen LogP contribution in [0.2, 0.25) is 0 Å². The maximum atomic E-state index is 8.94. The van der Waals surface area contributed by atoms with Gasteiger partial charge >= 0.3 is 0 Å². The second kappa shape index (κ2) is 5.62. The van der Waals surface area contributed by atoms with E-state index in [1.807, 2.05) is 0 Å². The molecular weight excluding hydrogens is 216 g/mol. The molecule has 2 heterocycles. The molecule has 1 N–H and O–H groups in total. The Labute approximate surface area is 101 Å². The molecule has 1 aromatic rings. The molecule has 0 saturated carbocycles. The number of ether oxygens (including phenoxy) is 1. The molecule has 0 radical (unpaired) electrons. The van der Waals surface area contributed by atoms with Crippen molar-refractivity contribution in [2.75, 3.05) is 38.6 Å². The Morgan fingerprint density at radius 1 is 1.71 bits per heavy atom. The molecule has 1 aromatic heterocycles. The van der Waals surface area contributed by atoms with Crippen molar-refractivity contribution in [1.29, 1.82) is 5.26 Å². The first-order chi connectivity index (χ1) is 8.29. The molecule has 0 aromatic carbocycles. The van der Waals surface area contributed by atoms with Crippen LogP contribution in [0.5, 0.6) is 0 Å². The van der Waals surface area contributed by atoms with Crippen LogP contribution in [-0.4, -0.2) is 49.3 Å². The highest BCUT2D eigenvalue weighted by Crippen LogP contribution is 2.12. The van der Waals surface area contributed by atoms with Gasteiger partial charge in [0, 0.05) is 25.8 Å². The third kappa shape index (κ3) is 3.16. The summed E-state index contributed by atoms with van der Waals surface area (Å²) in [7, 11) is 2.08. The van der Waals surface area contributed by atoms with Gasteiger partial charge in [0.1, 0.15) is 6.07 Å². The molecule has 0 aliphatic carbocycles. The topological polar surface area (TPSA) is 61.2 Å². The maximum absolute atomic E-state index is 8.94. The van der Waals surface area contributed by atoms with Crippen molar-refractivity contribution in [1.82, 2.24) is 9.88 Å². The van der Waals surface area contributed by atoms with Gasteiger partial charge < -0.3 is 15.0 Å². The van der Waals surface area contributed by atoms with Crippen LogP contribution in [-0.2, 0) is 4.74 Å². The summed E-state index contributed by atoms with van der Waals surface area (Å²) < 4.78 is 5.64. The van der Waals surface area contributed by atoms with E-state index < -0.39 is 0 Å². The maximum Gasteiger partial charge on any atom is 0.101 e. The van der Waals surface area contributed by atoms with E-state index in [0.29, 0.717) is 12.1 Å². The van der Waals surface area contributed by atoms with Gasteiger partial charge in [0.15, 0.2) is 0 Å². The van der Waals surface area contributed by atoms with E-state index in [9.17, 15) is 0 Å². The number of hydrogen-bond donors (Lipinski definition) is 1. The Morgan fingerprint density at radius 3 is 3.35 bits per heavy atom. The lowest BCUT2D eigenvalue weighted by molar-refractivity contribution is -0.0117. The molecule has 2 rings (SSSR count). The highest BCUT2D eigenvalue weighted by atomic mass is 16.5. The summed E-state index contributed by atoms with van der Waals surface area (Å²) in [5.74, 6) is 0. The number of nitrogens with one attached hydrogen (secondary N) is 1. The Kier molecular flexibility index (Phi) is 3.91. The number of pyridine rings is 1. The summed E-state index contributed by atoms with van der Waals surface area (Å²) >= 11 is 0. The summed E-state index contributed by atoms with van der Waals surface area (Å²) in [5.41, 5.74) is 1.39. The molecule has 1 unspecified atom stereocenters. The Balaban J connectivity index is 1.91. The first-order valence-corrected chi connectivity index (χ1v) is 5.67. The van der Waals surface area contributed by atoms with Gasteiger partial charge in [-0.05, 0) is 13.1 Å². The third-order valence-corrected chi connectivity index (χ3v) is 2.80. The molecular formula is C12H16N4O. The van der Waals surface area contributed by atoms with Gasteiger partial charge in [-0.25, -0.2) is 0 Å². The lowest BCUT2D eigenvalue weighted by Crippen LogP contribution is -2.43. The van der Waals surface area contributed by atoms with E-state index in [0.717, 1.165) is 25.4 Å². The van der Waals surface area contributed by atoms with E-state index in [-0.39, 0.29) is 6.10 Å². The molecule has 5 heteroatoms. The van der Waals surface area contributed by atoms with Crippen molar-refractivity contribution < 1.29 is 4.74 Å². The summed E-state index contributed by atoms with van der Waals surface area (Å²) in [6.07, 6.45) is 3.46. The largest absolute Gasteiger partial charge is 0.380 e. The fraction of sp³-hybridized carbons (Fsp3) is 0.500. The summed E-state index contributed by atoms with van der Waals surface area (Å²) in [5, 5.41) is 12.2. The number of hydrogen-bond acceptors (Lipinski definition) is 5. The molecule has 0 spiro atoms. The molecule has 0 amide bonds. The van der Waals surface area contributed by atoms with Crippen LogP contribution >= 0.6 is 0 Å². The summed E-state index contributed by atoms with van der Waals surface area (Å²) in [4.78, 5) is 6.25. The van der Waals surface area contributed by atoms with Crippen molar-refractivity contribution >= 4 is 5.69 Å². The van der Waals surface area contributed by atoms with Crippen molar-refractivity contribution in [2.45, 2.75) is 6.10 Å². The predicted octanol–water partition coefficient (Wildman–Crippen LogP) is 0.696. The van der Waals surface area contributed by atoms with Gasteiger partial charge in [0.2, 0.25) is 0 Å². The predicted molar refractivity (Wildman–Crippen MR) is 64.7 cm³/mol. The number of nitriles is 1. The van der Waals surface area contributed by atoms with Gasteiger partial charge in [-0.1, -0.05) is 0 Å². The second-order valence-corrected chi connectivity index (χ2v) is 4.17. The third-order valence-electron chi connectivity index (χ3n) is 2.80. The van der Waals surface area contributed by atoms with Crippen LogP contribution < -0.4 is 5.32 Å². The molecule has 17 heavy (non-hydrogen) atoms. The number of anilines is 1. The average molecular weight is 232 g/mol. The number of rotatable bonds is 3. The number of morpholine rings is 1. The van der Waals surface area contributed by atoms with Crippen LogP contribution in [0.3, 0.4) is 0 Å². The highest BCUT2D eigenvalue weighted by Gasteiger charge is 2.17. The summed E-state index contributed by atoms with van der Waals surface area (Å²) in [6, 6.07) is 3.84. The van der Waals surface area contributed by atoms with E-state index in [1.54, 1.807) is 18.5 Å². The Morgan fingerprint density at radius 2 is 2.59 bits per heavy atom. The lowest BCUT2D eigenvalue weighted by atomic mass is 10.2. The number of aromatic nitrogens is 1. The van der Waals surface area contributed by atoms with Crippen LogP contribution in [0.25, 0.3) is 0 Å². The smallest absolute Gasteiger partial charge is 0.101 e. The Hall–Kier alpha value is -1.64. The number of likely N-dealkylation sites (N-methyl/N-ethyl adjacent to an activating group) is 1. The standard InChI is InChI=1S/C12H16N4O/c1-16-4-5-17-11(9-16)7-15-12-8-14-3-2-10(12)6-13/h2-3,8,11,15H,4-5,7,9H2,1H3. The fourth-order valence-corrected chi connectivity index (χ4v) is 1.85. The zero-order valence-electron chi connectivity index (χ0n) is 9.89. The van der Waals surface area contributed by atoms with Gasteiger partial charge in [-0.2, -0.15) is 5.26 Å². The minimum Gasteiger partial charge on any atom is -0.380 e. The summed E-state index contributed by atoms with van der Waals surface area (Å²) in [6.45, 7) is 3.35. The first kappa shape index (κ1) is 11.8. The van der Waals surface area contributed by atoms with E-state index in [2.05, 4.69) is 28.3 Å². The van der Waals surface area contributed by atoms with Crippen LogP contribution in [0, 0.1) is 11.3 Å². The van der Waals surface area contributed by atoms with Gasteiger partial charge in [0.25, 0.3) is 0 Å². The zero-order valence-corrected chi connectivity index (χ0v) is 9.89. The van der Waals surface area contributed by atoms with Gasteiger partial charge in [-0.15, -0.1) is 0 Å². The van der Waals surface area contributed by atoms with Crippen LogP contribution in [0.15, 0.2) is 18.5 Å². The lowest BCUT2D eigenvalue weighted by Gasteiger charge is -2.30. The Bertz CT molecular complexity index is 415. The average Bonchev–Trinajstić information content (AvgIpc) is 2.37. The van der Waals surface area contributed by atoms with E-state index in [4.69, 9.17) is 10.00 Å². The fourth-order valence-electron chi connectivity index (χ4n) is 1.85. The van der Waals surface area contributed by atoms with Gasteiger partial charge in [0.05, 0.1) is 30.2 Å². The van der Waals surface area contributed by atoms with Crippen LogP contribution in [0.1, 0.15) is 5.56 Å². The number of nitrogens with zero attached hydrogens (tertiary/aromatic N) is 3. The second-order valence-electron chi connectivity index (χ2n) is 4.17.